The molecule has 0 saturated carbocycles. The smallest absolute Gasteiger partial charge is 0.224 e. The maximum atomic E-state index is 12.0. The molecule has 4 heteroatoms. The first kappa shape index (κ1) is 13.1. The summed E-state index contributed by atoms with van der Waals surface area (Å²) in [5.41, 5.74) is 0. The minimum Gasteiger partial charge on any atom is -0.469 e. The van der Waals surface area contributed by atoms with Gasteiger partial charge in [0.05, 0.1) is 12.2 Å². The summed E-state index contributed by atoms with van der Waals surface area (Å²) in [6.45, 7) is 3.91. The van der Waals surface area contributed by atoms with Crippen LogP contribution in [0.15, 0.2) is 22.8 Å². The van der Waals surface area contributed by atoms with E-state index >= 15 is 0 Å². The summed E-state index contributed by atoms with van der Waals surface area (Å²) in [6.07, 6.45) is 5.58. The summed E-state index contributed by atoms with van der Waals surface area (Å²) in [6, 6.07) is 4.07. The number of amides is 1. The normalized spacial score (nSPS) is 21.5. The van der Waals surface area contributed by atoms with Crippen LogP contribution in [-0.4, -0.2) is 25.0 Å². The Balaban J connectivity index is 1.69. The van der Waals surface area contributed by atoms with Crippen molar-refractivity contribution in [1.29, 1.82) is 0 Å². The Labute approximate surface area is 108 Å². The fraction of sp³-hybridized carbons (Fsp3) is 0.643. The Morgan fingerprint density at radius 1 is 1.67 bits per heavy atom. The molecule has 18 heavy (non-hydrogen) atoms. The number of nitrogens with one attached hydrogen (secondary N) is 2. The Hall–Kier alpha value is -1.29. The predicted octanol–water partition coefficient (Wildman–Crippen LogP) is 1.72. The number of aryl methyl sites for hydroxylation is 1. The van der Waals surface area contributed by atoms with Crippen molar-refractivity contribution in [2.75, 3.05) is 13.1 Å². The monoisotopic (exact) mass is 250 g/mol. The molecular formula is C14H22N2O2. The van der Waals surface area contributed by atoms with E-state index in [9.17, 15) is 4.79 Å². The Bertz CT molecular complexity index is 356. The number of piperidine rings is 1. The van der Waals surface area contributed by atoms with Crippen LogP contribution in [0.2, 0.25) is 0 Å². The number of furan rings is 1. The Kier molecular flexibility index (Phi) is 4.81. The maximum absolute atomic E-state index is 12.0. The lowest BCUT2D eigenvalue weighted by Gasteiger charge is -2.24. The third-order valence-corrected chi connectivity index (χ3v) is 3.46. The lowest BCUT2D eigenvalue weighted by atomic mass is 9.98. The van der Waals surface area contributed by atoms with E-state index in [1.165, 1.54) is 0 Å². The standard InChI is InChI=1S/C14H22N2O2/c1-11(6-7-13-5-3-9-18-13)16-14(17)12-4-2-8-15-10-12/h3,5,9,11-12,15H,2,4,6-8,10H2,1H3,(H,16,17). The van der Waals surface area contributed by atoms with Crippen LogP contribution in [0.5, 0.6) is 0 Å². The van der Waals surface area contributed by atoms with E-state index in [2.05, 4.69) is 17.6 Å². The van der Waals surface area contributed by atoms with Crippen molar-refractivity contribution in [3.8, 4) is 0 Å². The van der Waals surface area contributed by atoms with Gasteiger partial charge in [0.15, 0.2) is 0 Å². The molecule has 0 bridgehead atoms. The van der Waals surface area contributed by atoms with Gasteiger partial charge in [0.25, 0.3) is 0 Å². The van der Waals surface area contributed by atoms with Gasteiger partial charge in [-0.25, -0.2) is 0 Å². The molecule has 0 aromatic carbocycles. The van der Waals surface area contributed by atoms with Gasteiger partial charge in [0, 0.05) is 19.0 Å². The highest BCUT2D eigenvalue weighted by Gasteiger charge is 2.21. The molecule has 2 N–H and O–H groups in total. The topological polar surface area (TPSA) is 54.3 Å². The number of hydrogen-bond acceptors (Lipinski definition) is 3. The molecule has 0 aliphatic carbocycles. The van der Waals surface area contributed by atoms with Gasteiger partial charge < -0.3 is 15.1 Å². The van der Waals surface area contributed by atoms with Gasteiger partial charge in [-0.05, 0) is 44.9 Å². The fourth-order valence-electron chi connectivity index (χ4n) is 2.32. The van der Waals surface area contributed by atoms with Crippen molar-refractivity contribution >= 4 is 5.91 Å². The number of rotatable bonds is 5. The molecular weight excluding hydrogens is 228 g/mol. The molecule has 4 nitrogen and oxygen atoms in total. The van der Waals surface area contributed by atoms with Crippen LogP contribution in [0.4, 0.5) is 0 Å². The van der Waals surface area contributed by atoms with E-state index in [1.54, 1.807) is 6.26 Å². The highest BCUT2D eigenvalue weighted by atomic mass is 16.3. The molecule has 1 aliphatic rings. The second kappa shape index (κ2) is 6.59. The number of hydrogen-bond donors (Lipinski definition) is 2. The molecule has 2 atom stereocenters. The molecule has 2 rings (SSSR count). The van der Waals surface area contributed by atoms with Crippen molar-refractivity contribution in [3.05, 3.63) is 24.2 Å². The highest BCUT2D eigenvalue weighted by molar-refractivity contribution is 5.79. The minimum absolute atomic E-state index is 0.143. The molecule has 1 fully saturated rings. The van der Waals surface area contributed by atoms with Gasteiger partial charge in [-0.1, -0.05) is 0 Å². The van der Waals surface area contributed by atoms with Crippen LogP contribution in [0.3, 0.4) is 0 Å². The lowest BCUT2D eigenvalue weighted by molar-refractivity contribution is -0.126. The summed E-state index contributed by atoms with van der Waals surface area (Å²) in [4.78, 5) is 12.0. The van der Waals surface area contributed by atoms with Crippen LogP contribution in [0.1, 0.15) is 31.9 Å². The van der Waals surface area contributed by atoms with Crippen molar-refractivity contribution < 1.29 is 9.21 Å². The molecule has 100 valence electrons. The minimum atomic E-state index is 0.143. The summed E-state index contributed by atoms with van der Waals surface area (Å²) in [5.74, 6) is 1.31. The van der Waals surface area contributed by atoms with Crippen LogP contribution < -0.4 is 10.6 Å². The molecule has 2 unspecified atom stereocenters. The third-order valence-electron chi connectivity index (χ3n) is 3.46. The lowest BCUT2D eigenvalue weighted by Crippen LogP contribution is -2.43. The maximum Gasteiger partial charge on any atom is 0.224 e. The zero-order chi connectivity index (χ0) is 12.8. The molecule has 1 aliphatic heterocycles. The predicted molar refractivity (Wildman–Crippen MR) is 70.2 cm³/mol. The SMILES string of the molecule is CC(CCc1ccco1)NC(=O)C1CCCNC1. The Morgan fingerprint density at radius 3 is 3.22 bits per heavy atom. The molecule has 2 heterocycles. The first-order valence-electron chi connectivity index (χ1n) is 6.79. The van der Waals surface area contributed by atoms with Gasteiger partial charge in [-0.3, -0.25) is 4.79 Å². The van der Waals surface area contributed by atoms with E-state index in [0.29, 0.717) is 0 Å². The fourth-order valence-corrected chi connectivity index (χ4v) is 2.32. The molecule has 1 aromatic rings. The highest BCUT2D eigenvalue weighted by Crippen LogP contribution is 2.11. The molecule has 0 radical (unpaired) electrons. The van der Waals surface area contributed by atoms with Crippen molar-refractivity contribution in [3.63, 3.8) is 0 Å². The van der Waals surface area contributed by atoms with E-state index in [0.717, 1.165) is 44.5 Å². The Morgan fingerprint density at radius 2 is 2.56 bits per heavy atom. The van der Waals surface area contributed by atoms with Crippen LogP contribution in [0, 0.1) is 5.92 Å². The molecule has 0 spiro atoms. The van der Waals surface area contributed by atoms with Crippen LogP contribution in [-0.2, 0) is 11.2 Å². The largest absolute Gasteiger partial charge is 0.469 e. The average Bonchev–Trinajstić information content (AvgIpc) is 2.90. The van der Waals surface area contributed by atoms with Crippen molar-refractivity contribution in [2.24, 2.45) is 5.92 Å². The molecule has 1 aromatic heterocycles. The van der Waals surface area contributed by atoms with Crippen LogP contribution in [0.25, 0.3) is 0 Å². The first-order valence-corrected chi connectivity index (χ1v) is 6.79. The third kappa shape index (κ3) is 3.88. The molecule has 1 saturated heterocycles. The van der Waals surface area contributed by atoms with Crippen molar-refractivity contribution in [1.82, 2.24) is 10.6 Å². The summed E-state index contributed by atoms with van der Waals surface area (Å²) >= 11 is 0. The molecule has 1 amide bonds. The summed E-state index contributed by atoms with van der Waals surface area (Å²) < 4.78 is 5.28. The van der Waals surface area contributed by atoms with Gasteiger partial charge in [-0.15, -0.1) is 0 Å². The first-order chi connectivity index (χ1) is 8.75. The quantitative estimate of drug-likeness (QED) is 0.836. The summed E-state index contributed by atoms with van der Waals surface area (Å²) in [5, 5.41) is 6.36. The van der Waals surface area contributed by atoms with E-state index < -0.39 is 0 Å². The van der Waals surface area contributed by atoms with Gasteiger partial charge >= 0.3 is 0 Å². The van der Waals surface area contributed by atoms with E-state index in [-0.39, 0.29) is 17.9 Å². The second-order valence-corrected chi connectivity index (χ2v) is 5.07. The number of carbonyl (C=O) groups is 1. The van der Waals surface area contributed by atoms with Crippen LogP contribution >= 0.6 is 0 Å². The van der Waals surface area contributed by atoms with E-state index in [1.807, 2.05) is 12.1 Å². The number of carbonyl (C=O) groups excluding carboxylic acids is 1. The van der Waals surface area contributed by atoms with Gasteiger partial charge in [0.1, 0.15) is 5.76 Å². The zero-order valence-corrected chi connectivity index (χ0v) is 10.9. The van der Waals surface area contributed by atoms with Gasteiger partial charge in [-0.2, -0.15) is 0 Å². The van der Waals surface area contributed by atoms with Gasteiger partial charge in [0.2, 0.25) is 5.91 Å². The zero-order valence-electron chi connectivity index (χ0n) is 10.9. The van der Waals surface area contributed by atoms with E-state index in [4.69, 9.17) is 4.42 Å². The summed E-state index contributed by atoms with van der Waals surface area (Å²) in [7, 11) is 0. The average molecular weight is 250 g/mol. The second-order valence-electron chi connectivity index (χ2n) is 5.07. The van der Waals surface area contributed by atoms with Crippen molar-refractivity contribution in [2.45, 2.75) is 38.6 Å².